The lowest BCUT2D eigenvalue weighted by Crippen LogP contribution is -2.44. The highest BCUT2D eigenvalue weighted by atomic mass is 35.5. The summed E-state index contributed by atoms with van der Waals surface area (Å²) >= 11 is 5.85. The van der Waals surface area contributed by atoms with E-state index in [1.165, 1.54) is 10.6 Å². The Kier molecular flexibility index (Phi) is 8.94. The van der Waals surface area contributed by atoms with Gasteiger partial charge in [-0.3, -0.25) is 9.89 Å². The Bertz CT molecular complexity index is 2350. The van der Waals surface area contributed by atoms with Crippen molar-refractivity contribution in [3.63, 3.8) is 0 Å². The van der Waals surface area contributed by atoms with Crippen LogP contribution in [-0.2, 0) is 23.9 Å². The van der Waals surface area contributed by atoms with Crippen molar-refractivity contribution in [2.75, 3.05) is 25.0 Å². The van der Waals surface area contributed by atoms with Gasteiger partial charge in [-0.15, -0.1) is 0 Å². The fourth-order valence-corrected chi connectivity index (χ4v) is 6.66. The zero-order valence-corrected chi connectivity index (χ0v) is 28.8. The number of pyridine rings is 1. The van der Waals surface area contributed by atoms with Crippen LogP contribution in [0.5, 0.6) is 5.88 Å². The van der Waals surface area contributed by atoms with Gasteiger partial charge in [-0.1, -0.05) is 29.8 Å². The predicted molar refractivity (Wildman–Crippen MR) is 191 cm³/mol. The molecular formula is C38H33ClF3N7O3. The van der Waals surface area contributed by atoms with Gasteiger partial charge in [0, 0.05) is 58.7 Å². The van der Waals surface area contributed by atoms with Gasteiger partial charge in [0.05, 0.1) is 34.9 Å². The van der Waals surface area contributed by atoms with Crippen molar-refractivity contribution in [2.45, 2.75) is 45.1 Å². The Morgan fingerprint density at radius 1 is 1.10 bits per heavy atom. The van der Waals surface area contributed by atoms with Gasteiger partial charge in [0.15, 0.2) is 5.82 Å². The minimum absolute atomic E-state index is 0.0404. The summed E-state index contributed by atoms with van der Waals surface area (Å²) in [4.78, 5) is 23.3. The average Bonchev–Trinajstić information content (AvgIpc) is 3.69. The molecule has 0 aliphatic carbocycles. The maximum absolute atomic E-state index is 16.5. The molecule has 3 aromatic carbocycles. The summed E-state index contributed by atoms with van der Waals surface area (Å²) in [6.45, 7) is 2.65. The van der Waals surface area contributed by atoms with Gasteiger partial charge in [-0.25, -0.2) is 19.3 Å². The summed E-state index contributed by atoms with van der Waals surface area (Å²) < 4.78 is 60.1. The van der Waals surface area contributed by atoms with Gasteiger partial charge in [-0.05, 0) is 79.9 Å². The largest absolute Gasteiger partial charge is 0.473 e. The van der Waals surface area contributed by atoms with Crippen LogP contribution >= 0.6 is 11.6 Å². The first-order valence-corrected chi connectivity index (χ1v) is 17.2. The fourth-order valence-electron chi connectivity index (χ4n) is 6.50. The van der Waals surface area contributed by atoms with Crippen LogP contribution in [0.1, 0.15) is 46.0 Å². The normalized spacial score (nSPS) is 16.6. The molecular weight excluding hydrogens is 695 g/mol. The van der Waals surface area contributed by atoms with Crippen molar-refractivity contribution in [3.8, 4) is 5.88 Å². The molecule has 1 atom stereocenters. The molecule has 0 unspecified atom stereocenters. The number of anilines is 1. The smallest absolute Gasteiger partial charge is 0.364 e. The van der Waals surface area contributed by atoms with Crippen LogP contribution in [0, 0.1) is 12.7 Å². The highest BCUT2D eigenvalue weighted by molar-refractivity contribution is 6.30. The maximum Gasteiger partial charge on any atom is 0.364 e. The van der Waals surface area contributed by atoms with E-state index in [9.17, 15) is 9.18 Å². The third-order valence-electron chi connectivity index (χ3n) is 9.51. The Morgan fingerprint density at radius 3 is 2.73 bits per heavy atom. The van der Waals surface area contributed by atoms with E-state index >= 15 is 8.78 Å². The second-order valence-electron chi connectivity index (χ2n) is 12.9. The van der Waals surface area contributed by atoms with Crippen molar-refractivity contribution in [1.29, 1.82) is 0 Å². The Morgan fingerprint density at radius 2 is 1.96 bits per heavy atom. The second kappa shape index (κ2) is 13.7. The molecule has 2 aliphatic rings. The molecule has 3 aromatic heterocycles. The minimum Gasteiger partial charge on any atom is -0.473 e. The number of carbonyl (C=O) groups is 1. The second-order valence-corrected chi connectivity index (χ2v) is 13.4. The zero-order valence-electron chi connectivity index (χ0n) is 28.0. The van der Waals surface area contributed by atoms with Gasteiger partial charge >= 0.3 is 6.05 Å². The quantitative estimate of drug-likeness (QED) is 0.138. The molecule has 0 radical (unpaired) electrons. The maximum atomic E-state index is 16.5. The molecule has 2 N–H and O–H groups in total. The SMILES string of the molecule is Cc1[nH]nc2ccc(C(=O)Nc3ccc4c(c3)nc(C(F)(F)N3CC=C(c5cccc(OCc6ccc(Cl)cc6F)n5)CC3)n4C[C@@H]3CCO3)cc12. The molecule has 0 bridgehead atoms. The molecule has 5 heterocycles. The van der Waals surface area contributed by atoms with Crippen molar-refractivity contribution >= 4 is 50.7 Å². The Balaban J connectivity index is 1.01. The number of alkyl halides is 2. The molecule has 0 spiro atoms. The number of aryl methyl sites for hydroxylation is 1. The summed E-state index contributed by atoms with van der Waals surface area (Å²) in [5.41, 5.74) is 5.07. The number of halogens is 4. The van der Waals surface area contributed by atoms with E-state index in [1.807, 2.05) is 6.92 Å². The fraction of sp³-hybridized carbons (Fsp3) is 0.263. The number of hydrogen-bond donors (Lipinski definition) is 2. The highest BCUT2D eigenvalue weighted by Gasteiger charge is 2.45. The number of aromatic nitrogens is 5. The average molecular weight is 728 g/mol. The van der Waals surface area contributed by atoms with Gasteiger partial charge in [0.25, 0.3) is 5.91 Å². The van der Waals surface area contributed by atoms with Crippen molar-refractivity contribution < 1.29 is 27.4 Å². The lowest BCUT2D eigenvalue weighted by Gasteiger charge is -2.34. The van der Waals surface area contributed by atoms with E-state index in [2.05, 4.69) is 25.5 Å². The molecule has 1 saturated heterocycles. The van der Waals surface area contributed by atoms with Crippen LogP contribution in [0.15, 0.2) is 78.9 Å². The highest BCUT2D eigenvalue weighted by Crippen LogP contribution is 2.38. The van der Waals surface area contributed by atoms with Crippen molar-refractivity contribution in [2.24, 2.45) is 0 Å². The molecule has 14 heteroatoms. The number of rotatable bonds is 10. The van der Waals surface area contributed by atoms with Crippen LogP contribution in [0.25, 0.3) is 27.5 Å². The number of amides is 1. The number of imidazole rings is 1. The van der Waals surface area contributed by atoms with E-state index in [4.69, 9.17) is 21.1 Å². The van der Waals surface area contributed by atoms with Gasteiger partial charge in [-0.2, -0.15) is 13.9 Å². The number of nitrogens with one attached hydrogen (secondary N) is 2. The molecule has 8 rings (SSSR count). The number of H-pyrrole nitrogens is 1. The van der Waals surface area contributed by atoms with Crippen LogP contribution < -0.4 is 10.1 Å². The van der Waals surface area contributed by atoms with E-state index in [-0.39, 0.29) is 50.0 Å². The topological polar surface area (TPSA) is 110 Å². The molecule has 1 amide bonds. The van der Waals surface area contributed by atoms with Crippen LogP contribution in [0.3, 0.4) is 0 Å². The van der Waals surface area contributed by atoms with E-state index in [1.54, 1.807) is 72.8 Å². The molecule has 1 fully saturated rings. The van der Waals surface area contributed by atoms with Gasteiger partial charge in [0.1, 0.15) is 12.4 Å². The summed E-state index contributed by atoms with van der Waals surface area (Å²) in [5, 5.41) is 11.1. The lowest BCUT2D eigenvalue weighted by molar-refractivity contribution is -0.160. The number of hydrogen-bond acceptors (Lipinski definition) is 7. The van der Waals surface area contributed by atoms with Crippen LogP contribution in [-0.4, -0.2) is 61.3 Å². The molecule has 0 saturated carbocycles. The van der Waals surface area contributed by atoms with Crippen LogP contribution in [0.2, 0.25) is 5.02 Å². The van der Waals surface area contributed by atoms with Crippen LogP contribution in [0.4, 0.5) is 18.9 Å². The molecule has 2 aliphatic heterocycles. The van der Waals surface area contributed by atoms with E-state index < -0.39 is 11.9 Å². The summed E-state index contributed by atoms with van der Waals surface area (Å²) in [6, 6.07) is 16.4. The Labute approximate surface area is 301 Å². The standard InChI is InChI=1S/C38H33ClF3N7O3/c1-22-29-17-24(6-9-32(29)47-46-22)36(50)43-27-8-10-34-33(19-27)45-37(49(34)20-28-13-16-51-28)38(41,42)48-14-11-23(12-15-48)31-3-2-4-35(44-31)52-21-25-5-7-26(39)18-30(25)40/h2-11,17-19,28H,12-16,20-21H2,1H3,(H,43,50)(H,46,47)/t28-/m0/s1. The summed E-state index contributed by atoms with van der Waals surface area (Å²) in [6.07, 6.45) is 2.61. The molecule has 266 valence electrons. The lowest BCUT2D eigenvalue weighted by atomic mass is 10.0. The van der Waals surface area contributed by atoms with Crippen molar-refractivity contribution in [3.05, 3.63) is 118 Å². The Hall–Kier alpha value is -5.24. The minimum atomic E-state index is -3.42. The number of carbonyl (C=O) groups excluding carboxylic acids is 1. The zero-order chi connectivity index (χ0) is 36.0. The van der Waals surface area contributed by atoms with E-state index in [0.717, 1.165) is 33.5 Å². The number of benzene rings is 3. The molecule has 6 aromatic rings. The third kappa shape index (κ3) is 6.62. The van der Waals surface area contributed by atoms with E-state index in [0.29, 0.717) is 51.6 Å². The number of fused-ring (bicyclic) bond motifs is 2. The first kappa shape index (κ1) is 33.9. The molecule has 52 heavy (non-hydrogen) atoms. The molecule has 10 nitrogen and oxygen atoms in total. The first-order valence-electron chi connectivity index (χ1n) is 16.9. The number of ether oxygens (including phenoxy) is 2. The van der Waals surface area contributed by atoms with Gasteiger partial charge < -0.3 is 19.4 Å². The monoisotopic (exact) mass is 727 g/mol. The number of aromatic amines is 1. The first-order chi connectivity index (χ1) is 25.1. The summed E-state index contributed by atoms with van der Waals surface area (Å²) in [5.74, 6) is -0.914. The third-order valence-corrected chi connectivity index (χ3v) is 9.75. The predicted octanol–water partition coefficient (Wildman–Crippen LogP) is 7.87. The number of nitrogens with zero attached hydrogens (tertiary/aromatic N) is 5. The van der Waals surface area contributed by atoms with Crippen molar-refractivity contribution in [1.82, 2.24) is 29.6 Å². The summed E-state index contributed by atoms with van der Waals surface area (Å²) in [7, 11) is 0. The van der Waals surface area contributed by atoms with Gasteiger partial charge in [0.2, 0.25) is 5.88 Å².